The molecule has 4 aliphatic rings. The highest BCUT2D eigenvalue weighted by atomic mass is 16.5. The van der Waals surface area contributed by atoms with Crippen molar-refractivity contribution < 1.29 is 19.1 Å². The van der Waals surface area contributed by atoms with Gasteiger partial charge in [0.2, 0.25) is 0 Å². The summed E-state index contributed by atoms with van der Waals surface area (Å²) in [6.07, 6.45) is 2.24. The smallest absolute Gasteiger partial charge is 0.263 e. The van der Waals surface area contributed by atoms with Gasteiger partial charge in [-0.2, -0.15) is 0 Å². The number of fused-ring (bicyclic) bond motifs is 1. The molecule has 2 amide bonds. The summed E-state index contributed by atoms with van der Waals surface area (Å²) in [5.74, 6) is -0.218. The number of hydrogen-bond acceptors (Lipinski definition) is 7. The van der Waals surface area contributed by atoms with Crippen LogP contribution in [0.1, 0.15) is 25.3 Å². The topological polar surface area (TPSA) is 121 Å². The Balaban J connectivity index is 1.31. The van der Waals surface area contributed by atoms with E-state index in [1.807, 2.05) is 42.5 Å². The number of hydrogen-bond donors (Lipinski definition) is 2. The molecule has 9 nitrogen and oxygen atoms in total. The molecule has 2 aromatic rings. The third-order valence-electron chi connectivity index (χ3n) is 8.02. The summed E-state index contributed by atoms with van der Waals surface area (Å²) in [6, 6.07) is 13.9. The fraction of sp³-hybridized carbons (Fsp3) is 0.429. The third-order valence-corrected chi connectivity index (χ3v) is 8.02. The molecule has 3 heterocycles. The lowest BCUT2D eigenvalue weighted by Gasteiger charge is -2.41. The van der Waals surface area contributed by atoms with Gasteiger partial charge in [-0.3, -0.25) is 20.0 Å². The minimum Gasteiger partial charge on any atom is -0.493 e. The van der Waals surface area contributed by atoms with Crippen LogP contribution < -0.4 is 20.3 Å². The summed E-state index contributed by atoms with van der Waals surface area (Å²) in [6.45, 7) is 4.71. The number of rotatable bonds is 5. The zero-order valence-electron chi connectivity index (χ0n) is 20.9. The number of anilines is 2. The van der Waals surface area contributed by atoms with E-state index in [4.69, 9.17) is 25.6 Å². The number of nitrogens with two attached hydrogens (primary N) is 1. The van der Waals surface area contributed by atoms with Crippen LogP contribution in [0.3, 0.4) is 0 Å². The summed E-state index contributed by atoms with van der Waals surface area (Å²) in [5.41, 5.74) is 9.90. The summed E-state index contributed by atoms with van der Waals surface area (Å²) >= 11 is 0. The normalized spacial score (nSPS) is 25.2. The Hall–Kier alpha value is -3.72. The van der Waals surface area contributed by atoms with E-state index in [-0.39, 0.29) is 17.0 Å². The second-order valence-corrected chi connectivity index (χ2v) is 10.4. The molecule has 1 saturated carbocycles. The number of ether oxygens (including phenoxy) is 2. The monoisotopic (exact) mass is 501 g/mol. The van der Waals surface area contributed by atoms with Crippen molar-refractivity contribution in [1.82, 2.24) is 0 Å². The third kappa shape index (κ3) is 4.27. The number of nitrogens with zero attached hydrogens (tertiary/aromatic N) is 3. The Bertz CT molecular complexity index is 1300. The Morgan fingerprint density at radius 3 is 2.62 bits per heavy atom. The average Bonchev–Trinajstić information content (AvgIpc) is 3.48. The lowest BCUT2D eigenvalue weighted by molar-refractivity contribution is -0.132. The van der Waals surface area contributed by atoms with Gasteiger partial charge in [0.15, 0.2) is 0 Å². The summed E-state index contributed by atoms with van der Waals surface area (Å²) in [5, 5.41) is 8.56. The molecule has 0 bridgehead atoms. The van der Waals surface area contributed by atoms with Crippen molar-refractivity contribution in [3.8, 4) is 5.75 Å². The lowest BCUT2D eigenvalue weighted by Crippen LogP contribution is -2.53. The number of carbonyl (C=O) groups is 2. The molecule has 2 atom stereocenters. The van der Waals surface area contributed by atoms with Gasteiger partial charge in [0.05, 0.1) is 31.4 Å². The number of aliphatic imine (C=N–C) groups is 1. The summed E-state index contributed by atoms with van der Waals surface area (Å²) in [7, 11) is 0. The molecule has 3 aliphatic heterocycles. The summed E-state index contributed by atoms with van der Waals surface area (Å²) in [4.78, 5) is 33.7. The fourth-order valence-electron chi connectivity index (χ4n) is 5.90. The van der Waals surface area contributed by atoms with Crippen molar-refractivity contribution in [2.75, 3.05) is 42.6 Å². The van der Waals surface area contributed by atoms with Gasteiger partial charge in [-0.1, -0.05) is 0 Å². The maximum Gasteiger partial charge on any atom is 0.263 e. The molecule has 9 heteroatoms. The SMILES string of the molecule is CC1OCCN(c2ccc(N3CC(=Nc4ccc5c(c4)CCO5)C(C(=N)C(N)=O)C4(CC4)C3)cc2)C1=O. The van der Waals surface area contributed by atoms with Crippen LogP contribution in [-0.2, 0) is 20.7 Å². The van der Waals surface area contributed by atoms with E-state index in [9.17, 15) is 9.59 Å². The molecule has 3 N–H and O–H groups in total. The number of piperidine rings is 1. The van der Waals surface area contributed by atoms with Crippen molar-refractivity contribution in [3.05, 3.63) is 48.0 Å². The van der Waals surface area contributed by atoms with Crippen molar-refractivity contribution >= 4 is 40.3 Å². The minimum atomic E-state index is -0.687. The lowest BCUT2D eigenvalue weighted by atomic mass is 9.77. The van der Waals surface area contributed by atoms with Crippen molar-refractivity contribution in [2.45, 2.75) is 32.3 Å². The Labute approximate surface area is 215 Å². The van der Waals surface area contributed by atoms with Gasteiger partial charge >= 0.3 is 0 Å². The molecule has 6 rings (SSSR count). The Morgan fingerprint density at radius 1 is 1.14 bits per heavy atom. The van der Waals surface area contributed by atoms with E-state index < -0.39 is 17.9 Å². The highest BCUT2D eigenvalue weighted by Crippen LogP contribution is 2.56. The molecule has 3 fully saturated rings. The van der Waals surface area contributed by atoms with Crippen LogP contribution in [-0.4, -0.2) is 62.2 Å². The minimum absolute atomic E-state index is 0.0316. The van der Waals surface area contributed by atoms with Crippen LogP contribution in [0.15, 0.2) is 47.5 Å². The van der Waals surface area contributed by atoms with Crippen molar-refractivity contribution in [1.29, 1.82) is 5.41 Å². The van der Waals surface area contributed by atoms with Crippen LogP contribution in [0, 0.1) is 16.7 Å². The van der Waals surface area contributed by atoms with Gasteiger partial charge in [-0.15, -0.1) is 0 Å². The van der Waals surface area contributed by atoms with E-state index >= 15 is 0 Å². The van der Waals surface area contributed by atoms with Crippen LogP contribution in [0.5, 0.6) is 5.75 Å². The van der Waals surface area contributed by atoms with Crippen LogP contribution in [0.25, 0.3) is 0 Å². The fourth-order valence-corrected chi connectivity index (χ4v) is 5.90. The van der Waals surface area contributed by atoms with E-state index in [1.54, 1.807) is 11.8 Å². The highest BCUT2D eigenvalue weighted by Gasteiger charge is 2.57. The Morgan fingerprint density at radius 2 is 1.89 bits per heavy atom. The zero-order chi connectivity index (χ0) is 25.7. The number of nitrogens with one attached hydrogen (secondary N) is 1. The molecule has 192 valence electrons. The number of carbonyl (C=O) groups excluding carboxylic acids is 2. The standard InChI is InChI=1S/C28H31N5O4/c1-17-27(35)33(11-13-36-17)21-5-3-20(4-6-21)32-15-22(24(25(29)26(30)34)28(16-32)9-10-28)31-19-2-7-23-18(14-19)8-12-37-23/h2-7,14,17,24,29H,8-13,15-16H2,1H3,(H2,30,34). The van der Waals surface area contributed by atoms with E-state index in [0.29, 0.717) is 26.3 Å². The quantitative estimate of drug-likeness (QED) is 0.611. The maximum atomic E-state index is 12.6. The number of primary amides is 1. The van der Waals surface area contributed by atoms with E-state index in [2.05, 4.69) is 4.90 Å². The first-order valence-electron chi connectivity index (χ1n) is 12.8. The van der Waals surface area contributed by atoms with E-state index in [0.717, 1.165) is 59.9 Å². The predicted molar refractivity (Wildman–Crippen MR) is 141 cm³/mol. The van der Waals surface area contributed by atoms with Gasteiger partial charge in [0, 0.05) is 42.0 Å². The number of amides is 2. The first-order valence-corrected chi connectivity index (χ1v) is 12.8. The van der Waals surface area contributed by atoms with Crippen molar-refractivity contribution in [3.63, 3.8) is 0 Å². The zero-order valence-corrected chi connectivity index (χ0v) is 20.9. The van der Waals surface area contributed by atoms with Crippen LogP contribution >= 0.6 is 0 Å². The van der Waals surface area contributed by atoms with Gasteiger partial charge in [0.25, 0.3) is 11.8 Å². The number of morpholine rings is 1. The molecule has 2 saturated heterocycles. The predicted octanol–water partition coefficient (Wildman–Crippen LogP) is 2.87. The molecule has 1 aliphatic carbocycles. The molecular weight excluding hydrogens is 470 g/mol. The van der Waals surface area contributed by atoms with Crippen LogP contribution in [0.2, 0.25) is 0 Å². The first-order chi connectivity index (χ1) is 17.8. The van der Waals surface area contributed by atoms with Gasteiger partial charge in [-0.05, 0) is 67.8 Å². The molecule has 2 aromatic carbocycles. The Kier molecular flexibility index (Phi) is 5.75. The maximum absolute atomic E-state index is 12.6. The van der Waals surface area contributed by atoms with E-state index in [1.165, 1.54) is 0 Å². The highest BCUT2D eigenvalue weighted by molar-refractivity contribution is 6.42. The van der Waals surface area contributed by atoms with Gasteiger partial charge in [-0.25, -0.2) is 0 Å². The van der Waals surface area contributed by atoms with Crippen molar-refractivity contribution in [2.24, 2.45) is 22.1 Å². The van der Waals surface area contributed by atoms with Gasteiger partial charge in [0.1, 0.15) is 17.6 Å². The molecular formula is C28H31N5O4. The summed E-state index contributed by atoms with van der Waals surface area (Å²) < 4.78 is 11.1. The molecule has 0 radical (unpaired) electrons. The first kappa shape index (κ1) is 23.7. The molecule has 0 aromatic heterocycles. The second kappa shape index (κ2) is 8.99. The molecule has 37 heavy (non-hydrogen) atoms. The van der Waals surface area contributed by atoms with Gasteiger partial charge < -0.3 is 25.0 Å². The second-order valence-electron chi connectivity index (χ2n) is 10.4. The van der Waals surface area contributed by atoms with Crippen LogP contribution in [0.4, 0.5) is 17.1 Å². The molecule has 2 unspecified atom stereocenters. The molecule has 1 spiro atoms. The average molecular weight is 502 g/mol. The largest absolute Gasteiger partial charge is 0.493 e. The number of benzene rings is 2.